The highest BCUT2D eigenvalue weighted by molar-refractivity contribution is 7.90. The molecule has 734 valence electrons. The van der Waals surface area contributed by atoms with Crippen LogP contribution in [0, 0.1) is 23.7 Å². The van der Waals surface area contributed by atoms with Gasteiger partial charge in [-0.15, -0.1) is 32.9 Å². The number of ether oxygens (including phenoxy) is 2. The Kier molecular flexibility index (Phi) is 43.6. The van der Waals surface area contributed by atoms with Crippen LogP contribution in [0.4, 0.5) is 0 Å². The molecule has 0 radical (unpaired) electrons. The van der Waals surface area contributed by atoms with Crippen LogP contribution in [-0.4, -0.2) is 139 Å². The minimum atomic E-state index is -3.32. The number of benzene rings is 5. The maximum atomic E-state index is 13.0. The van der Waals surface area contributed by atoms with E-state index in [-0.39, 0.29) is 96.1 Å². The molecular formula is C105H140Cl10N4O13S. The SMILES string of the molecule is C=CC[C@@](CO)(CCC(=O)NC1(C2CC2)CCCC1)c1ccc(Cl)c(Cl)c1.C=CC[C@@](CO)(CCC(=O)OC)c1ccc(Cl)c(Cl)c1.C=CC[C@@](CO)(CCC(=O)OC)c1ccc(Cl)c(Cl)c1.C=CC[C@](CCC(=O)NC1(C2CC2)CCCC1)(CS(C)(=O)=O)c1ccc(Cl)c(Cl)c1.C=CC[C@]1(c2ccc(Cl)c(Cl)c2)CCC(=O)N(C2(C3CC3)CCCC2)C1.NC1(C2CC2)CCCC1.O. The molecule has 9 aliphatic rings. The summed E-state index contributed by atoms with van der Waals surface area (Å²) in [5.41, 5.74) is 8.42. The highest BCUT2D eigenvalue weighted by atomic mass is 35.5. The van der Waals surface area contributed by atoms with E-state index < -0.39 is 31.5 Å². The summed E-state index contributed by atoms with van der Waals surface area (Å²) in [5, 5.41) is 41.2. The fourth-order valence-electron chi connectivity index (χ4n) is 21.7. The van der Waals surface area contributed by atoms with Crippen molar-refractivity contribution in [1.82, 2.24) is 15.5 Å². The first-order chi connectivity index (χ1) is 62.8. The average Bonchev–Trinajstić information content (AvgIpc) is 1.61. The normalized spacial score (nSPS) is 20.7. The number of sulfone groups is 1. The number of hydrogen-bond acceptors (Lipinski definition) is 13. The van der Waals surface area contributed by atoms with Crippen LogP contribution in [-0.2, 0) is 70.4 Å². The largest absolute Gasteiger partial charge is 0.469 e. The number of halogens is 10. The van der Waals surface area contributed by atoms with Gasteiger partial charge in [-0.25, -0.2) is 8.42 Å². The molecule has 28 heteroatoms. The summed E-state index contributed by atoms with van der Waals surface area (Å²) in [6.45, 7) is 19.6. The second-order valence-electron chi connectivity index (χ2n) is 38.9. The summed E-state index contributed by atoms with van der Waals surface area (Å²) in [7, 11) is -0.631. The highest BCUT2D eigenvalue weighted by Gasteiger charge is 2.56. The second kappa shape index (κ2) is 51.3. The number of rotatable bonds is 39. The highest BCUT2D eigenvalue weighted by Crippen LogP contribution is 2.56. The number of carbonyl (C=O) groups is 5. The number of aliphatic hydroxyl groups is 3. The van der Waals surface area contributed by atoms with Crippen LogP contribution in [0.25, 0.3) is 0 Å². The molecule has 5 atom stereocenters. The zero-order valence-corrected chi connectivity index (χ0v) is 86.1. The van der Waals surface area contributed by atoms with Gasteiger partial charge in [-0.3, -0.25) is 24.0 Å². The molecule has 1 aliphatic heterocycles. The van der Waals surface area contributed by atoms with Crippen molar-refractivity contribution in [2.75, 3.05) is 52.6 Å². The molecule has 0 unspecified atom stereocenters. The van der Waals surface area contributed by atoms with Gasteiger partial charge in [0.05, 0.1) is 90.0 Å². The summed E-state index contributed by atoms with van der Waals surface area (Å²) in [6, 6.07) is 27.0. The molecule has 0 aromatic heterocycles. The molecule has 0 bridgehead atoms. The molecule has 133 heavy (non-hydrogen) atoms. The lowest BCUT2D eigenvalue weighted by Crippen LogP contribution is -2.59. The first kappa shape index (κ1) is 113. The number of aliphatic hydroxyl groups excluding tert-OH is 3. The Labute approximate surface area is 840 Å². The minimum Gasteiger partial charge on any atom is -0.469 e. The van der Waals surface area contributed by atoms with Crippen molar-refractivity contribution in [3.05, 3.63) is 232 Å². The predicted octanol–water partition coefficient (Wildman–Crippen LogP) is 25.4. The van der Waals surface area contributed by atoms with Crippen molar-refractivity contribution in [3.8, 4) is 0 Å². The van der Waals surface area contributed by atoms with E-state index in [4.69, 9.17) is 122 Å². The van der Waals surface area contributed by atoms with Crippen LogP contribution in [0.5, 0.6) is 0 Å². The summed E-state index contributed by atoms with van der Waals surface area (Å²) >= 11 is 60.9. The Morgan fingerprint density at radius 1 is 0.444 bits per heavy atom. The van der Waals surface area contributed by atoms with Gasteiger partial charge < -0.3 is 51.5 Å². The topological polar surface area (TPSA) is 283 Å². The first-order valence-corrected chi connectivity index (χ1v) is 52.8. The van der Waals surface area contributed by atoms with Crippen molar-refractivity contribution < 1.29 is 62.7 Å². The molecular weight excluding hydrogens is 1910 g/mol. The maximum absolute atomic E-state index is 13.0. The molecule has 5 aromatic carbocycles. The smallest absolute Gasteiger partial charge is 0.305 e. The molecule has 8 aliphatic carbocycles. The van der Waals surface area contributed by atoms with Crippen LogP contribution in [0.3, 0.4) is 0 Å². The van der Waals surface area contributed by atoms with Gasteiger partial charge in [0.25, 0.3) is 0 Å². The van der Waals surface area contributed by atoms with E-state index in [1.54, 1.807) is 72.8 Å². The Bertz CT molecular complexity index is 4810. The molecule has 14 rings (SSSR count). The fraction of sp³-hybridized carbons (Fsp3) is 0.571. The molecule has 9 fully saturated rings. The quantitative estimate of drug-likeness (QED) is 0.0158. The Morgan fingerprint density at radius 3 is 1.08 bits per heavy atom. The number of nitrogens with zero attached hydrogens (tertiary/aromatic N) is 1. The number of likely N-dealkylation sites (tertiary alicyclic amines) is 1. The molecule has 5 aromatic rings. The maximum Gasteiger partial charge on any atom is 0.305 e. The predicted molar refractivity (Wildman–Crippen MR) is 547 cm³/mol. The monoisotopic (exact) mass is 2050 g/mol. The minimum absolute atomic E-state index is 0. The molecule has 8 saturated carbocycles. The van der Waals surface area contributed by atoms with Crippen molar-refractivity contribution in [2.24, 2.45) is 29.4 Å². The number of nitrogens with one attached hydrogen (secondary N) is 2. The van der Waals surface area contributed by atoms with Crippen LogP contribution >= 0.6 is 116 Å². The second-order valence-corrected chi connectivity index (χ2v) is 45.1. The number of carbonyl (C=O) groups excluding carboxylic acids is 5. The molecule has 3 amide bonds. The number of esters is 2. The Balaban J connectivity index is 0.000000201. The van der Waals surface area contributed by atoms with Gasteiger partial charge in [0.15, 0.2) is 0 Å². The third kappa shape index (κ3) is 30.2. The van der Waals surface area contributed by atoms with Crippen LogP contribution in [0.15, 0.2) is 154 Å². The number of hydrogen-bond donors (Lipinski definition) is 6. The van der Waals surface area contributed by atoms with Gasteiger partial charge in [0, 0.05) is 94.1 Å². The third-order valence-electron chi connectivity index (χ3n) is 29.8. The van der Waals surface area contributed by atoms with E-state index in [0.29, 0.717) is 144 Å². The van der Waals surface area contributed by atoms with E-state index in [0.717, 1.165) is 86.1 Å². The van der Waals surface area contributed by atoms with Gasteiger partial charge >= 0.3 is 11.9 Å². The van der Waals surface area contributed by atoms with E-state index in [9.17, 15) is 47.7 Å². The lowest BCUT2D eigenvalue weighted by atomic mass is 9.70. The number of amides is 3. The molecule has 1 heterocycles. The summed E-state index contributed by atoms with van der Waals surface area (Å²) in [6.07, 6.45) is 47.0. The van der Waals surface area contributed by atoms with Crippen LogP contribution in [0.2, 0.25) is 50.2 Å². The van der Waals surface area contributed by atoms with Crippen molar-refractivity contribution >= 4 is 156 Å². The Morgan fingerprint density at radius 2 is 0.759 bits per heavy atom. The van der Waals surface area contributed by atoms with Crippen molar-refractivity contribution in [1.29, 1.82) is 0 Å². The van der Waals surface area contributed by atoms with Crippen molar-refractivity contribution in [2.45, 2.75) is 300 Å². The molecule has 0 spiro atoms. The number of nitrogens with two attached hydrogens (primary N) is 1. The van der Waals surface area contributed by atoms with Crippen LogP contribution in [0.1, 0.15) is 278 Å². The van der Waals surface area contributed by atoms with E-state index in [2.05, 4.69) is 64.0 Å². The average molecular weight is 2050 g/mol. The summed E-state index contributed by atoms with van der Waals surface area (Å²) in [5.74, 6) is 2.63. The lowest BCUT2D eigenvalue weighted by molar-refractivity contribution is -0.145. The Hall–Kier alpha value is -5.20. The van der Waals surface area contributed by atoms with Gasteiger partial charge in [0.2, 0.25) is 17.7 Å². The molecule has 17 nitrogen and oxygen atoms in total. The number of allylic oxidation sites excluding steroid dienone is 5. The summed E-state index contributed by atoms with van der Waals surface area (Å²) in [4.78, 5) is 63.8. The lowest BCUT2D eigenvalue weighted by Gasteiger charge is -2.51. The molecule has 1 saturated heterocycles. The van der Waals surface area contributed by atoms with Gasteiger partial charge in [0.1, 0.15) is 9.84 Å². The first-order valence-electron chi connectivity index (χ1n) is 47.0. The van der Waals surface area contributed by atoms with E-state index >= 15 is 0 Å². The third-order valence-corrected chi connectivity index (χ3v) is 34.6. The number of piperidine rings is 1. The van der Waals surface area contributed by atoms with E-state index in [1.807, 2.05) is 42.5 Å². The number of methoxy groups -OCH3 is 2. The zero-order valence-electron chi connectivity index (χ0n) is 77.7. The van der Waals surface area contributed by atoms with Gasteiger partial charge in [-0.05, 0) is 279 Å². The fourth-order valence-corrected chi connectivity index (χ4v) is 24.6. The van der Waals surface area contributed by atoms with Crippen molar-refractivity contribution in [3.63, 3.8) is 0 Å². The van der Waals surface area contributed by atoms with E-state index in [1.165, 1.54) is 142 Å². The summed E-state index contributed by atoms with van der Waals surface area (Å²) < 4.78 is 34.0. The standard InChI is InChI=1S/C23H31Cl2NO3S.C22H29Cl2NO2.C22H27Cl2NO.2C15H18Cl2O3.C8H15N.H2O/c1-3-11-22(16-30(2,28)29,18-8-9-19(24)20(25)15-18)14-10-21(27)26-23(17-6-7-17)12-4-5-13-23;1-2-10-21(15-26,17-7-8-18(23)19(24)14-17)13-9-20(27)25-22(16-5-6-16)11-3-4-12-22;1-2-10-21(17-7-8-18(23)19(24)14-17)13-9-20(26)25(15-21)22(16-5-6-16)11-3-4-12-22;2*1-3-7-15(10-18,8-6-14(19)20-2)11-4-5-12(16)13(17)9-11;9-8(7-3-4-7)5-1-2-6-8;/h3,8-9,15,17H,1,4-7,10-14,16H2,2H3,(H,26,27);2,7-8,14,16,26H,1,3-6,9-13,15H2,(H,25,27);2,7-8,14,16H,1,3-6,9-13,15H2;2*3-5,9,18H,1,6-8,10H2,2H3;7H,1-6,9H2;1H2/t22-;2*21-;2*15-;;/m00000../s1. The van der Waals surface area contributed by atoms with Gasteiger partial charge in [-0.1, -0.05) is 228 Å². The molecule has 9 N–H and O–H groups in total. The zero-order chi connectivity index (χ0) is 96.5. The van der Waals surface area contributed by atoms with Gasteiger partial charge in [-0.2, -0.15) is 0 Å². The van der Waals surface area contributed by atoms with Crippen LogP contribution < -0.4 is 16.4 Å².